The Morgan fingerprint density at radius 3 is 3.05 bits per heavy atom. The molecule has 0 saturated carbocycles. The number of piperidine rings is 1. The number of thioether (sulfide) groups is 1. The van der Waals surface area contributed by atoms with Crippen LogP contribution in [0.2, 0.25) is 0 Å². The molecule has 2 aliphatic rings. The van der Waals surface area contributed by atoms with Gasteiger partial charge in [-0.1, -0.05) is 0 Å². The normalized spacial score (nSPS) is 30.1. The molecule has 2 aliphatic heterocycles. The molecule has 2 aromatic heterocycles. The minimum Gasteiger partial charge on any atom is -0.461 e. The fourth-order valence-corrected chi connectivity index (χ4v) is 4.24. The van der Waals surface area contributed by atoms with E-state index in [1.165, 1.54) is 18.2 Å². The number of carbonyl (C=O) groups is 1. The number of rotatable bonds is 3. The number of carbonyl (C=O) groups excluding carboxylic acids is 1. The predicted molar refractivity (Wildman–Crippen MR) is 86.2 cm³/mol. The molecule has 2 bridgehead atoms. The first-order chi connectivity index (χ1) is 10.7. The number of aromatic nitrogens is 1. The van der Waals surface area contributed by atoms with E-state index in [1.807, 2.05) is 18.4 Å². The summed E-state index contributed by atoms with van der Waals surface area (Å²) < 4.78 is 5.44. The number of furan rings is 1. The Morgan fingerprint density at radius 1 is 1.50 bits per heavy atom. The van der Waals surface area contributed by atoms with Crippen molar-refractivity contribution in [2.45, 2.75) is 30.5 Å². The zero-order valence-corrected chi connectivity index (χ0v) is 13.5. The Balaban J connectivity index is 1.56. The second-order valence-electron chi connectivity index (χ2n) is 6.23. The van der Waals surface area contributed by atoms with Gasteiger partial charge in [0.05, 0.1) is 6.26 Å². The molecule has 4 atom stereocenters. The highest BCUT2D eigenvalue weighted by atomic mass is 32.2. The van der Waals surface area contributed by atoms with Gasteiger partial charge in [0.25, 0.3) is 5.91 Å². The van der Waals surface area contributed by atoms with E-state index >= 15 is 0 Å². The van der Waals surface area contributed by atoms with Gasteiger partial charge in [-0.2, -0.15) is 0 Å². The fraction of sp³-hybridized carbons (Fsp3) is 0.500. The van der Waals surface area contributed by atoms with Crippen molar-refractivity contribution in [2.75, 3.05) is 19.3 Å². The van der Waals surface area contributed by atoms with E-state index in [9.17, 15) is 4.79 Å². The second kappa shape index (κ2) is 5.28. The first-order valence-electron chi connectivity index (χ1n) is 7.63. The summed E-state index contributed by atoms with van der Waals surface area (Å²) in [4.78, 5) is 19.5. The van der Waals surface area contributed by atoms with Crippen LogP contribution in [-0.4, -0.2) is 47.2 Å². The highest BCUT2D eigenvalue weighted by molar-refractivity contribution is 7.98. The zero-order valence-electron chi connectivity index (χ0n) is 12.7. The maximum Gasteiger partial charge on any atom is 0.270 e. The first-order valence-corrected chi connectivity index (χ1v) is 8.85. The van der Waals surface area contributed by atoms with E-state index in [0.717, 1.165) is 29.1 Å². The molecule has 4 rings (SSSR count). The van der Waals surface area contributed by atoms with Crippen LogP contribution >= 0.6 is 11.8 Å². The summed E-state index contributed by atoms with van der Waals surface area (Å²) in [7, 11) is 0. The Bertz CT molecular complexity index is 727. The number of amides is 1. The van der Waals surface area contributed by atoms with Gasteiger partial charge < -0.3 is 9.73 Å². The predicted octanol–water partition coefficient (Wildman–Crippen LogP) is 2.37. The van der Waals surface area contributed by atoms with Crippen molar-refractivity contribution >= 4 is 28.6 Å². The lowest BCUT2D eigenvalue weighted by molar-refractivity contribution is 0.0913. The van der Waals surface area contributed by atoms with Gasteiger partial charge >= 0.3 is 0 Å². The maximum atomic E-state index is 12.6. The van der Waals surface area contributed by atoms with Gasteiger partial charge in [0.15, 0.2) is 5.58 Å². The minimum atomic E-state index is -0.0789. The lowest BCUT2D eigenvalue weighted by atomic mass is 9.96. The first kappa shape index (κ1) is 14.1. The van der Waals surface area contributed by atoms with Gasteiger partial charge in [-0.25, -0.2) is 4.98 Å². The Kier molecular flexibility index (Phi) is 3.38. The third kappa shape index (κ3) is 2.21. The summed E-state index contributed by atoms with van der Waals surface area (Å²) in [5.74, 6) is 0.501. The highest BCUT2D eigenvalue weighted by Crippen LogP contribution is 2.33. The third-order valence-corrected chi connectivity index (χ3v) is 5.55. The topological polar surface area (TPSA) is 58.4 Å². The number of nitrogens with zero attached hydrogens (tertiary/aromatic N) is 2. The molecule has 2 saturated heterocycles. The summed E-state index contributed by atoms with van der Waals surface area (Å²) in [5.41, 5.74) is 1.23. The molecule has 0 aliphatic carbocycles. The summed E-state index contributed by atoms with van der Waals surface area (Å²) in [5, 5.41) is 4.86. The molecule has 22 heavy (non-hydrogen) atoms. The minimum absolute atomic E-state index is 0.0789. The molecule has 0 spiro atoms. The van der Waals surface area contributed by atoms with Crippen molar-refractivity contribution in [2.24, 2.45) is 5.92 Å². The molecule has 2 aromatic rings. The maximum absolute atomic E-state index is 12.6. The van der Waals surface area contributed by atoms with Crippen LogP contribution in [0.1, 0.15) is 23.8 Å². The van der Waals surface area contributed by atoms with E-state index in [4.69, 9.17) is 4.42 Å². The van der Waals surface area contributed by atoms with Gasteiger partial charge in [0.2, 0.25) is 0 Å². The van der Waals surface area contributed by atoms with Crippen molar-refractivity contribution in [3.8, 4) is 0 Å². The molecule has 5 nitrogen and oxygen atoms in total. The molecular weight excluding hydrogens is 298 g/mol. The number of pyridine rings is 1. The molecule has 1 amide bonds. The summed E-state index contributed by atoms with van der Waals surface area (Å²) >= 11 is 1.50. The smallest absolute Gasteiger partial charge is 0.270 e. The number of nitrogens with one attached hydrogen (secondary N) is 1. The molecule has 1 N–H and O–H groups in total. The highest BCUT2D eigenvalue weighted by Gasteiger charge is 2.42. The summed E-state index contributed by atoms with van der Waals surface area (Å²) in [6.45, 7) is 4.33. The van der Waals surface area contributed by atoms with Gasteiger partial charge in [-0.05, 0) is 37.7 Å². The van der Waals surface area contributed by atoms with E-state index in [0.29, 0.717) is 17.7 Å². The fourth-order valence-electron chi connectivity index (χ4n) is 3.70. The van der Waals surface area contributed by atoms with Crippen LogP contribution < -0.4 is 5.32 Å². The van der Waals surface area contributed by atoms with Crippen molar-refractivity contribution in [1.82, 2.24) is 15.2 Å². The monoisotopic (exact) mass is 317 g/mol. The van der Waals surface area contributed by atoms with E-state index in [1.54, 1.807) is 6.26 Å². The van der Waals surface area contributed by atoms with Crippen LogP contribution in [0.5, 0.6) is 0 Å². The van der Waals surface area contributed by atoms with Crippen LogP contribution in [0.4, 0.5) is 0 Å². The lowest BCUT2D eigenvalue weighted by Gasteiger charge is -2.27. The third-order valence-electron chi connectivity index (χ3n) is 4.88. The molecule has 4 unspecified atom stereocenters. The van der Waals surface area contributed by atoms with Gasteiger partial charge in [0.1, 0.15) is 10.7 Å². The van der Waals surface area contributed by atoms with E-state index in [2.05, 4.69) is 22.1 Å². The quantitative estimate of drug-likeness (QED) is 0.881. The van der Waals surface area contributed by atoms with Crippen molar-refractivity contribution in [1.29, 1.82) is 0 Å². The van der Waals surface area contributed by atoms with E-state index in [-0.39, 0.29) is 11.9 Å². The van der Waals surface area contributed by atoms with Crippen molar-refractivity contribution in [3.05, 3.63) is 24.1 Å². The molecule has 116 valence electrons. The van der Waals surface area contributed by atoms with Crippen molar-refractivity contribution in [3.63, 3.8) is 0 Å². The van der Waals surface area contributed by atoms with Gasteiger partial charge in [-0.15, -0.1) is 11.8 Å². The Labute approximate surface area is 133 Å². The zero-order chi connectivity index (χ0) is 15.3. The van der Waals surface area contributed by atoms with E-state index < -0.39 is 0 Å². The molecule has 0 aromatic carbocycles. The average Bonchev–Trinajstić information content (AvgIpc) is 3.20. The molecule has 4 heterocycles. The average molecular weight is 317 g/mol. The van der Waals surface area contributed by atoms with Gasteiger partial charge in [0, 0.05) is 30.6 Å². The largest absolute Gasteiger partial charge is 0.461 e. The number of hydrogen-bond acceptors (Lipinski definition) is 5. The van der Waals surface area contributed by atoms with Crippen LogP contribution in [0.15, 0.2) is 27.8 Å². The Hall–Kier alpha value is -1.53. The summed E-state index contributed by atoms with van der Waals surface area (Å²) in [6.07, 6.45) is 4.75. The van der Waals surface area contributed by atoms with Gasteiger partial charge in [-0.3, -0.25) is 9.69 Å². The molecule has 0 radical (unpaired) electrons. The van der Waals surface area contributed by atoms with Crippen molar-refractivity contribution < 1.29 is 9.21 Å². The van der Waals surface area contributed by atoms with Crippen LogP contribution in [0, 0.1) is 5.92 Å². The van der Waals surface area contributed by atoms with Crippen LogP contribution in [-0.2, 0) is 0 Å². The molecular formula is C16H19N3O2S. The van der Waals surface area contributed by atoms with Crippen LogP contribution in [0.3, 0.4) is 0 Å². The standard InChI is InChI=1S/C16H19N3O2S/c1-9-5-11-7-19(9)8-13(11)17-15(20)12-6-10-3-4-21-14(10)16(18-12)22-2/h3-4,6,9,11,13H,5,7-8H2,1-2H3,(H,17,20). The number of fused-ring (bicyclic) bond motifs is 3. The lowest BCUT2D eigenvalue weighted by Crippen LogP contribution is -2.45. The molecule has 6 heteroatoms. The number of hydrogen-bond donors (Lipinski definition) is 1. The Morgan fingerprint density at radius 2 is 2.36 bits per heavy atom. The summed E-state index contributed by atoms with van der Waals surface area (Å²) in [6, 6.07) is 4.59. The second-order valence-corrected chi connectivity index (χ2v) is 7.03. The van der Waals surface area contributed by atoms with Crippen LogP contribution in [0.25, 0.3) is 11.0 Å². The molecule has 2 fully saturated rings. The SMILES string of the molecule is CSc1nc(C(=O)NC2CN3CC2CC3C)cc2ccoc12.